The van der Waals surface area contributed by atoms with E-state index in [1.807, 2.05) is 0 Å². The summed E-state index contributed by atoms with van der Waals surface area (Å²) in [5.74, 6) is -0.449. The molecule has 0 saturated carbocycles. The number of esters is 1. The van der Waals surface area contributed by atoms with E-state index in [4.69, 9.17) is 4.74 Å². The van der Waals surface area contributed by atoms with Crippen molar-refractivity contribution in [3.63, 3.8) is 0 Å². The lowest BCUT2D eigenvalue weighted by molar-refractivity contribution is -0.151. The molecule has 0 aromatic carbocycles. The van der Waals surface area contributed by atoms with Crippen molar-refractivity contribution in [1.82, 2.24) is 5.32 Å². The Labute approximate surface area is 375 Å². The molecular weight excluding hydrogens is 743 g/mol. The fourth-order valence-corrected chi connectivity index (χ4v) is 8.79. The lowest BCUT2D eigenvalue weighted by atomic mass is 10.0. The molecule has 3 atom stereocenters. The van der Waals surface area contributed by atoms with Gasteiger partial charge < -0.3 is 20.3 Å². The second kappa shape index (κ2) is 48.9. The van der Waals surface area contributed by atoms with Gasteiger partial charge in [-0.15, -0.1) is 0 Å². The van der Waals surface area contributed by atoms with Gasteiger partial charge in [0.15, 0.2) is 0 Å². The topological polar surface area (TPSA) is 95.9 Å². The number of nitrogens with one attached hydrogen (secondary N) is 1. The van der Waals surface area contributed by atoms with E-state index in [1.165, 1.54) is 225 Å². The van der Waals surface area contributed by atoms with Crippen LogP contribution < -0.4 is 5.32 Å². The molecule has 0 aromatic heterocycles. The Hall–Kier alpha value is -1.14. The average Bonchev–Trinajstić information content (AvgIpc) is 3.24. The second-order valence-electron chi connectivity index (χ2n) is 19.0. The van der Waals surface area contributed by atoms with Crippen molar-refractivity contribution >= 4 is 11.9 Å². The Balaban J connectivity index is 4.46. The van der Waals surface area contributed by atoms with Gasteiger partial charge in [-0.2, -0.15) is 0 Å². The molecule has 358 valence electrons. The molecule has 0 spiro atoms. The van der Waals surface area contributed by atoms with E-state index in [1.54, 1.807) is 0 Å². The van der Waals surface area contributed by atoms with Gasteiger partial charge in [0, 0.05) is 6.42 Å². The fraction of sp³-hybridized carbons (Fsp3) is 0.963. The summed E-state index contributed by atoms with van der Waals surface area (Å²) in [5.41, 5.74) is 0. The van der Waals surface area contributed by atoms with Crippen LogP contribution in [0.25, 0.3) is 0 Å². The highest BCUT2D eigenvalue weighted by atomic mass is 16.5. The van der Waals surface area contributed by atoms with Crippen molar-refractivity contribution in [2.75, 3.05) is 6.61 Å². The standard InChI is InChI=1S/C54H107NO5/c1-4-7-10-13-16-19-22-25-27-28-31-34-37-40-43-46-52(57)51(49-56)55-53(58)48-50(45-42-39-36-33-30-24-21-18-15-12-9-6-3)60-54(59)47-44-41-38-35-32-29-26-23-20-17-14-11-8-5-2/h50-52,56-57H,4-49H2,1-3H3,(H,55,58). The third kappa shape index (κ3) is 43.5. The summed E-state index contributed by atoms with van der Waals surface area (Å²) in [6, 6.07) is -0.692. The molecule has 0 saturated heterocycles. The highest BCUT2D eigenvalue weighted by Gasteiger charge is 2.24. The molecule has 6 heteroatoms. The molecule has 6 nitrogen and oxygen atoms in total. The van der Waals surface area contributed by atoms with Crippen LogP contribution in [0.5, 0.6) is 0 Å². The van der Waals surface area contributed by atoms with Crippen molar-refractivity contribution < 1.29 is 24.5 Å². The number of ether oxygens (including phenoxy) is 1. The molecule has 0 fully saturated rings. The SMILES string of the molecule is CCCCCCCCCCCCCCCCCC(O)C(CO)NC(=O)CC(CCCCCCCCCCCCCC)OC(=O)CCCCCCCCCCCCCCCC. The minimum Gasteiger partial charge on any atom is -0.462 e. The van der Waals surface area contributed by atoms with Crippen molar-refractivity contribution in [1.29, 1.82) is 0 Å². The number of hydrogen-bond donors (Lipinski definition) is 3. The van der Waals surface area contributed by atoms with Crippen LogP contribution in [0, 0.1) is 0 Å². The highest BCUT2D eigenvalue weighted by Crippen LogP contribution is 2.19. The summed E-state index contributed by atoms with van der Waals surface area (Å²) >= 11 is 0. The number of aliphatic hydroxyl groups is 2. The fourth-order valence-electron chi connectivity index (χ4n) is 8.79. The molecule has 60 heavy (non-hydrogen) atoms. The molecule has 0 aliphatic heterocycles. The largest absolute Gasteiger partial charge is 0.462 e. The molecule has 0 radical (unpaired) electrons. The van der Waals surface area contributed by atoms with Crippen LogP contribution in [-0.2, 0) is 14.3 Å². The summed E-state index contributed by atoms with van der Waals surface area (Å²) < 4.78 is 5.95. The van der Waals surface area contributed by atoms with Crippen molar-refractivity contribution in [3.8, 4) is 0 Å². The van der Waals surface area contributed by atoms with Crippen LogP contribution in [0.2, 0.25) is 0 Å². The highest BCUT2D eigenvalue weighted by molar-refractivity contribution is 5.77. The maximum Gasteiger partial charge on any atom is 0.306 e. The van der Waals surface area contributed by atoms with Crippen LogP contribution in [0.1, 0.15) is 310 Å². The van der Waals surface area contributed by atoms with E-state index in [2.05, 4.69) is 26.1 Å². The molecule has 0 aliphatic rings. The van der Waals surface area contributed by atoms with E-state index in [0.717, 1.165) is 38.5 Å². The first-order chi connectivity index (χ1) is 29.5. The Morgan fingerprint density at radius 1 is 0.417 bits per heavy atom. The zero-order chi connectivity index (χ0) is 43.8. The van der Waals surface area contributed by atoms with Crippen LogP contribution in [-0.4, -0.2) is 46.9 Å². The number of aliphatic hydroxyl groups excluding tert-OH is 2. The number of carbonyl (C=O) groups excluding carboxylic acids is 2. The van der Waals surface area contributed by atoms with Gasteiger partial charge in [-0.1, -0.05) is 271 Å². The van der Waals surface area contributed by atoms with Gasteiger partial charge in [0.2, 0.25) is 5.91 Å². The van der Waals surface area contributed by atoms with Gasteiger partial charge in [-0.05, 0) is 25.7 Å². The molecule has 0 bridgehead atoms. The summed E-state index contributed by atoms with van der Waals surface area (Å²) in [6.07, 6.45) is 53.0. The number of amides is 1. The Kier molecular flexibility index (Phi) is 48.0. The van der Waals surface area contributed by atoms with Gasteiger partial charge in [0.25, 0.3) is 0 Å². The Morgan fingerprint density at radius 2 is 0.700 bits per heavy atom. The average molecular weight is 850 g/mol. The summed E-state index contributed by atoms with van der Waals surface area (Å²) in [5, 5.41) is 23.8. The Morgan fingerprint density at radius 3 is 1.02 bits per heavy atom. The first-order valence-electron chi connectivity index (χ1n) is 27.3. The molecular formula is C54H107NO5. The number of unbranched alkanes of at least 4 members (excludes halogenated alkanes) is 38. The quantitative estimate of drug-likeness (QED) is 0.0419. The van der Waals surface area contributed by atoms with Crippen molar-refractivity contribution in [3.05, 3.63) is 0 Å². The first kappa shape index (κ1) is 58.9. The third-order valence-electron chi connectivity index (χ3n) is 12.9. The van der Waals surface area contributed by atoms with Gasteiger partial charge in [0.1, 0.15) is 6.10 Å². The van der Waals surface area contributed by atoms with Crippen LogP contribution in [0.15, 0.2) is 0 Å². The number of carbonyl (C=O) groups is 2. The normalized spacial score (nSPS) is 13.1. The molecule has 3 unspecified atom stereocenters. The smallest absolute Gasteiger partial charge is 0.306 e. The molecule has 0 rings (SSSR count). The monoisotopic (exact) mass is 850 g/mol. The molecule has 1 amide bonds. The van der Waals surface area contributed by atoms with Crippen molar-refractivity contribution in [2.24, 2.45) is 0 Å². The zero-order valence-electron chi connectivity index (χ0n) is 40.9. The van der Waals surface area contributed by atoms with E-state index < -0.39 is 18.2 Å². The first-order valence-corrected chi connectivity index (χ1v) is 27.3. The van der Waals surface area contributed by atoms with Gasteiger partial charge >= 0.3 is 5.97 Å². The maximum atomic E-state index is 13.2. The predicted octanol–water partition coefficient (Wildman–Crippen LogP) is 16.4. The second-order valence-corrected chi connectivity index (χ2v) is 19.0. The molecule has 3 N–H and O–H groups in total. The zero-order valence-corrected chi connectivity index (χ0v) is 40.9. The molecule has 0 heterocycles. The summed E-state index contributed by atoms with van der Waals surface area (Å²) in [6.45, 7) is 6.52. The minimum absolute atomic E-state index is 0.0880. The van der Waals surface area contributed by atoms with Gasteiger partial charge in [-0.3, -0.25) is 9.59 Å². The minimum atomic E-state index is -0.779. The van der Waals surface area contributed by atoms with Crippen LogP contribution >= 0.6 is 0 Å². The molecule has 0 aromatic rings. The van der Waals surface area contributed by atoms with E-state index >= 15 is 0 Å². The molecule has 0 aliphatic carbocycles. The number of rotatable bonds is 50. The summed E-state index contributed by atoms with van der Waals surface area (Å²) in [7, 11) is 0. The predicted molar refractivity (Wildman–Crippen MR) is 260 cm³/mol. The summed E-state index contributed by atoms with van der Waals surface area (Å²) in [4.78, 5) is 26.2. The Bertz CT molecular complexity index is 867. The third-order valence-corrected chi connectivity index (χ3v) is 12.9. The van der Waals surface area contributed by atoms with E-state index in [-0.39, 0.29) is 24.9 Å². The van der Waals surface area contributed by atoms with Crippen LogP contribution in [0.4, 0.5) is 0 Å². The lowest BCUT2D eigenvalue weighted by Crippen LogP contribution is -2.46. The van der Waals surface area contributed by atoms with E-state index in [9.17, 15) is 19.8 Å². The lowest BCUT2D eigenvalue weighted by Gasteiger charge is -2.24. The van der Waals surface area contributed by atoms with Crippen LogP contribution in [0.3, 0.4) is 0 Å². The number of hydrogen-bond acceptors (Lipinski definition) is 5. The maximum absolute atomic E-state index is 13.2. The van der Waals surface area contributed by atoms with Crippen molar-refractivity contribution in [2.45, 2.75) is 328 Å². The van der Waals surface area contributed by atoms with E-state index in [0.29, 0.717) is 19.3 Å². The van der Waals surface area contributed by atoms with Gasteiger partial charge in [-0.25, -0.2) is 0 Å². The van der Waals surface area contributed by atoms with Gasteiger partial charge in [0.05, 0.1) is 25.2 Å².